The van der Waals surface area contributed by atoms with Crippen LogP contribution in [0.5, 0.6) is 0 Å². The topological polar surface area (TPSA) is 66.5 Å². The summed E-state index contributed by atoms with van der Waals surface area (Å²) in [6.45, 7) is 2.32. The van der Waals surface area contributed by atoms with Crippen molar-refractivity contribution >= 4 is 33.2 Å². The van der Waals surface area contributed by atoms with Crippen LogP contribution in [0.4, 0.5) is 5.69 Å². The van der Waals surface area contributed by atoms with Crippen LogP contribution in [0.2, 0.25) is 5.02 Å². The molecule has 1 saturated heterocycles. The van der Waals surface area contributed by atoms with Gasteiger partial charge >= 0.3 is 0 Å². The van der Waals surface area contributed by atoms with Crippen molar-refractivity contribution in [2.45, 2.75) is 43.5 Å². The molecule has 0 saturated carbocycles. The predicted octanol–water partition coefficient (Wildman–Crippen LogP) is 4.22. The molecule has 2 aromatic rings. The van der Waals surface area contributed by atoms with E-state index in [1.807, 2.05) is 13.0 Å². The van der Waals surface area contributed by atoms with Crippen LogP contribution in [0.1, 0.15) is 31.2 Å². The van der Waals surface area contributed by atoms with Gasteiger partial charge in [-0.15, -0.1) is 0 Å². The molecular weight excluding hydrogens is 384 g/mol. The zero-order chi connectivity index (χ0) is 19.4. The third-order valence-electron chi connectivity index (χ3n) is 4.82. The van der Waals surface area contributed by atoms with E-state index in [0.717, 1.165) is 18.4 Å². The molecule has 27 heavy (non-hydrogen) atoms. The summed E-state index contributed by atoms with van der Waals surface area (Å²) in [4.78, 5) is 12.8. The third kappa shape index (κ3) is 4.69. The number of nitrogens with one attached hydrogen (secondary N) is 1. The Kier molecular flexibility index (Phi) is 6.19. The number of hydrogen-bond acceptors (Lipinski definition) is 3. The van der Waals surface area contributed by atoms with Crippen LogP contribution in [0.15, 0.2) is 53.4 Å². The predicted molar refractivity (Wildman–Crippen MR) is 107 cm³/mol. The van der Waals surface area contributed by atoms with Crippen LogP contribution in [0.3, 0.4) is 0 Å². The highest BCUT2D eigenvalue weighted by Crippen LogP contribution is 2.28. The molecule has 0 unspecified atom stereocenters. The fourth-order valence-electron chi connectivity index (χ4n) is 3.37. The number of halogens is 1. The van der Waals surface area contributed by atoms with E-state index in [9.17, 15) is 13.2 Å². The maximum absolute atomic E-state index is 13.0. The summed E-state index contributed by atoms with van der Waals surface area (Å²) in [5.74, 6) is -0.208. The van der Waals surface area contributed by atoms with Gasteiger partial charge in [-0.3, -0.25) is 4.79 Å². The maximum atomic E-state index is 13.0. The molecule has 3 rings (SSSR count). The van der Waals surface area contributed by atoms with Gasteiger partial charge in [-0.2, -0.15) is 4.31 Å². The van der Waals surface area contributed by atoms with Crippen LogP contribution < -0.4 is 5.32 Å². The number of carbonyl (C=O) groups excluding carboxylic acids is 1. The van der Waals surface area contributed by atoms with Crippen molar-refractivity contribution in [1.82, 2.24) is 4.31 Å². The minimum atomic E-state index is -3.61. The normalized spacial score (nSPS) is 18.2. The van der Waals surface area contributed by atoms with Crippen molar-refractivity contribution in [3.05, 3.63) is 59.1 Å². The van der Waals surface area contributed by atoms with Gasteiger partial charge in [0.15, 0.2) is 0 Å². The monoisotopic (exact) mass is 406 g/mol. The lowest BCUT2D eigenvalue weighted by Gasteiger charge is -2.34. The van der Waals surface area contributed by atoms with Gasteiger partial charge in [-0.05, 0) is 49.6 Å². The molecule has 144 valence electrons. The van der Waals surface area contributed by atoms with Gasteiger partial charge < -0.3 is 5.32 Å². The highest BCUT2D eigenvalue weighted by Gasteiger charge is 2.34. The molecule has 7 heteroatoms. The minimum absolute atomic E-state index is 0.123. The van der Waals surface area contributed by atoms with Crippen LogP contribution in [0.25, 0.3) is 0 Å². The van der Waals surface area contributed by atoms with E-state index in [2.05, 4.69) is 5.32 Å². The summed E-state index contributed by atoms with van der Waals surface area (Å²) >= 11 is 6.00. The van der Waals surface area contributed by atoms with Gasteiger partial charge in [0, 0.05) is 29.7 Å². The van der Waals surface area contributed by atoms with Crippen molar-refractivity contribution in [2.75, 3.05) is 11.9 Å². The van der Waals surface area contributed by atoms with Crippen LogP contribution in [-0.4, -0.2) is 31.2 Å². The zero-order valence-electron chi connectivity index (χ0n) is 15.2. The molecule has 2 aromatic carbocycles. The molecule has 1 aliphatic heterocycles. The van der Waals surface area contributed by atoms with Gasteiger partial charge in [-0.1, -0.05) is 42.3 Å². The molecule has 1 N–H and O–H groups in total. The van der Waals surface area contributed by atoms with E-state index >= 15 is 0 Å². The van der Waals surface area contributed by atoms with Crippen molar-refractivity contribution in [3.8, 4) is 0 Å². The number of piperidine rings is 1. The maximum Gasteiger partial charge on any atom is 0.243 e. The Morgan fingerprint density at radius 1 is 1.19 bits per heavy atom. The number of anilines is 1. The summed E-state index contributed by atoms with van der Waals surface area (Å²) < 4.78 is 27.5. The van der Waals surface area contributed by atoms with Crippen LogP contribution >= 0.6 is 11.6 Å². The first-order chi connectivity index (χ1) is 12.9. The Hall–Kier alpha value is -1.89. The van der Waals surface area contributed by atoms with Crippen molar-refractivity contribution < 1.29 is 13.2 Å². The number of rotatable bonds is 5. The first-order valence-corrected chi connectivity index (χ1v) is 10.8. The van der Waals surface area contributed by atoms with Gasteiger partial charge in [0.05, 0.1) is 4.90 Å². The first kappa shape index (κ1) is 19.9. The molecule has 0 spiro atoms. The number of nitrogens with zero attached hydrogens (tertiary/aromatic N) is 1. The van der Waals surface area contributed by atoms with E-state index in [-0.39, 0.29) is 23.3 Å². The van der Waals surface area contributed by atoms with Crippen molar-refractivity contribution in [2.24, 2.45) is 0 Å². The molecule has 5 nitrogen and oxygen atoms in total. The second-order valence-electron chi connectivity index (χ2n) is 6.79. The Balaban J connectivity index is 1.76. The van der Waals surface area contributed by atoms with Crippen molar-refractivity contribution in [1.29, 1.82) is 0 Å². The fourth-order valence-corrected chi connectivity index (χ4v) is 5.25. The van der Waals surface area contributed by atoms with E-state index in [1.54, 1.807) is 42.5 Å². The average molecular weight is 407 g/mol. The molecule has 0 radical (unpaired) electrons. The largest absolute Gasteiger partial charge is 0.326 e. The minimum Gasteiger partial charge on any atom is -0.326 e. The first-order valence-electron chi connectivity index (χ1n) is 9.01. The SMILES string of the molecule is Cc1ccc(Cl)cc1NC(=O)C[C@@H]1CCCCN1S(=O)(=O)c1ccccc1. The highest BCUT2D eigenvalue weighted by atomic mass is 35.5. The summed E-state index contributed by atoms with van der Waals surface area (Å²) in [6.07, 6.45) is 2.51. The quantitative estimate of drug-likeness (QED) is 0.808. The van der Waals surface area contributed by atoms with E-state index in [4.69, 9.17) is 11.6 Å². The Bertz CT molecular complexity index is 916. The number of hydrogen-bond donors (Lipinski definition) is 1. The summed E-state index contributed by atoms with van der Waals surface area (Å²) in [5.41, 5.74) is 1.56. The smallest absolute Gasteiger partial charge is 0.243 e. The van der Waals surface area contributed by atoms with Gasteiger partial charge in [0.1, 0.15) is 0 Å². The Labute approximate surface area is 165 Å². The second-order valence-corrected chi connectivity index (χ2v) is 9.12. The summed E-state index contributed by atoms with van der Waals surface area (Å²) in [6, 6.07) is 13.4. The molecule has 1 fully saturated rings. The molecule has 1 heterocycles. The number of carbonyl (C=O) groups is 1. The summed E-state index contributed by atoms with van der Waals surface area (Å²) in [7, 11) is -3.61. The lowest BCUT2D eigenvalue weighted by atomic mass is 10.0. The van der Waals surface area contributed by atoms with Crippen molar-refractivity contribution in [3.63, 3.8) is 0 Å². The lowest BCUT2D eigenvalue weighted by Crippen LogP contribution is -2.45. The highest BCUT2D eigenvalue weighted by molar-refractivity contribution is 7.89. The molecule has 1 aliphatic rings. The molecule has 1 atom stereocenters. The third-order valence-corrected chi connectivity index (χ3v) is 7.02. The fraction of sp³-hybridized carbons (Fsp3) is 0.350. The molecular formula is C20H23ClN2O3S. The van der Waals surface area contributed by atoms with Gasteiger partial charge in [-0.25, -0.2) is 8.42 Å². The second kappa shape index (κ2) is 8.42. The number of amides is 1. The Morgan fingerprint density at radius 2 is 1.93 bits per heavy atom. The van der Waals surface area contributed by atoms with E-state index in [0.29, 0.717) is 23.7 Å². The van der Waals surface area contributed by atoms with Gasteiger partial charge in [0.25, 0.3) is 0 Å². The molecule has 0 aliphatic carbocycles. The molecule has 0 aromatic heterocycles. The average Bonchev–Trinajstić information content (AvgIpc) is 2.66. The lowest BCUT2D eigenvalue weighted by molar-refractivity contribution is -0.117. The van der Waals surface area contributed by atoms with Crippen LogP contribution in [-0.2, 0) is 14.8 Å². The van der Waals surface area contributed by atoms with E-state index in [1.165, 1.54) is 4.31 Å². The van der Waals surface area contributed by atoms with Crippen LogP contribution in [0, 0.1) is 6.92 Å². The van der Waals surface area contributed by atoms with E-state index < -0.39 is 10.0 Å². The Morgan fingerprint density at radius 3 is 2.67 bits per heavy atom. The number of sulfonamides is 1. The van der Waals surface area contributed by atoms with Gasteiger partial charge in [0.2, 0.25) is 15.9 Å². The summed E-state index contributed by atoms with van der Waals surface area (Å²) in [5, 5.41) is 3.41. The standard InChI is InChI=1S/C20H23ClN2O3S/c1-15-10-11-16(21)13-19(15)22-20(24)14-17-7-5-6-12-23(17)27(25,26)18-8-3-2-4-9-18/h2-4,8-11,13,17H,5-7,12,14H2,1H3,(H,22,24)/t17-/m0/s1. The zero-order valence-corrected chi connectivity index (χ0v) is 16.8. The number of benzene rings is 2. The molecule has 0 bridgehead atoms. The molecule has 1 amide bonds. The number of aryl methyl sites for hydroxylation is 1.